The summed E-state index contributed by atoms with van der Waals surface area (Å²) in [6, 6.07) is 4.32. The second-order valence-electron chi connectivity index (χ2n) is 4.05. The number of halogens is 1. The second kappa shape index (κ2) is 6.11. The van der Waals surface area contributed by atoms with E-state index in [4.69, 9.17) is 11.6 Å². The van der Waals surface area contributed by atoms with Crippen molar-refractivity contribution in [3.8, 4) is 5.75 Å². The molecule has 0 fully saturated rings. The highest BCUT2D eigenvalue weighted by atomic mass is 35.5. The summed E-state index contributed by atoms with van der Waals surface area (Å²) in [5, 5.41) is 10.8. The van der Waals surface area contributed by atoms with Crippen LogP contribution in [0.1, 0.15) is 22.8 Å². The number of rotatable bonds is 4. The monoisotopic (exact) mass is 310 g/mol. The number of hydrogen-bond donors (Lipinski definition) is 2. The predicted octanol–water partition coefficient (Wildman–Crippen LogP) is 2.62. The minimum Gasteiger partial charge on any atom is -0.507 e. The Hall–Kier alpha value is -1.79. The summed E-state index contributed by atoms with van der Waals surface area (Å²) in [6.45, 7) is 1.36. The number of aromatic nitrogens is 2. The van der Waals surface area contributed by atoms with Gasteiger partial charge in [-0.3, -0.25) is 9.59 Å². The van der Waals surface area contributed by atoms with Crippen LogP contribution in [0.5, 0.6) is 5.75 Å². The molecule has 104 valence electrons. The van der Waals surface area contributed by atoms with E-state index in [1.165, 1.54) is 37.0 Å². The molecule has 5 nitrogen and oxygen atoms in total. The van der Waals surface area contributed by atoms with Gasteiger partial charge in [0, 0.05) is 28.6 Å². The van der Waals surface area contributed by atoms with E-state index in [-0.39, 0.29) is 22.7 Å². The number of Topliss-reactive ketones (excluding diaryl/α,β-unsaturated/α-hetero) is 1. The quantitative estimate of drug-likeness (QED) is 0.515. The maximum atomic E-state index is 11.4. The van der Waals surface area contributed by atoms with Crippen molar-refractivity contribution in [1.82, 2.24) is 9.97 Å². The van der Waals surface area contributed by atoms with E-state index in [1.807, 2.05) is 0 Å². The van der Waals surface area contributed by atoms with Crippen LogP contribution in [0, 0.1) is 0 Å². The third kappa shape index (κ3) is 3.40. The first-order valence-electron chi connectivity index (χ1n) is 5.68. The van der Waals surface area contributed by atoms with Gasteiger partial charge >= 0.3 is 0 Å². The number of phenolic OH excluding ortho intramolecular Hbond substituents is 1. The van der Waals surface area contributed by atoms with Crippen molar-refractivity contribution in [3.63, 3.8) is 0 Å². The minimum absolute atomic E-state index is 0.0901. The highest BCUT2D eigenvalue weighted by Crippen LogP contribution is 2.31. The molecule has 20 heavy (non-hydrogen) atoms. The van der Waals surface area contributed by atoms with Crippen molar-refractivity contribution in [3.05, 3.63) is 50.9 Å². The number of nitrogens with zero attached hydrogens (tertiary/aromatic N) is 1. The van der Waals surface area contributed by atoms with Gasteiger partial charge in [0.1, 0.15) is 5.75 Å². The molecule has 0 aliphatic rings. The fraction of sp³-hybridized carbons (Fsp3) is 0.154. The molecule has 1 aromatic heterocycles. The Bertz CT molecular complexity index is 715. The van der Waals surface area contributed by atoms with Crippen LogP contribution in [0.2, 0.25) is 5.02 Å². The van der Waals surface area contributed by atoms with Crippen LogP contribution in [-0.2, 0) is 5.75 Å². The third-order valence-electron chi connectivity index (χ3n) is 2.55. The summed E-state index contributed by atoms with van der Waals surface area (Å²) < 4.78 is 0. The lowest BCUT2D eigenvalue weighted by Gasteiger charge is -2.08. The summed E-state index contributed by atoms with van der Waals surface area (Å²) >= 11 is 7.16. The lowest BCUT2D eigenvalue weighted by atomic mass is 10.1. The number of aromatic amines is 1. The van der Waals surface area contributed by atoms with Gasteiger partial charge in [-0.1, -0.05) is 23.4 Å². The smallest absolute Gasteiger partial charge is 0.251 e. The number of nitrogens with one attached hydrogen (secondary N) is 1. The first-order chi connectivity index (χ1) is 9.47. The van der Waals surface area contributed by atoms with Crippen molar-refractivity contribution < 1.29 is 9.90 Å². The Kier molecular flexibility index (Phi) is 4.46. The number of benzene rings is 1. The lowest BCUT2D eigenvalue weighted by Crippen LogP contribution is -2.05. The summed E-state index contributed by atoms with van der Waals surface area (Å²) in [7, 11) is 0. The molecule has 0 amide bonds. The zero-order valence-electron chi connectivity index (χ0n) is 10.5. The van der Waals surface area contributed by atoms with Crippen molar-refractivity contribution in [2.24, 2.45) is 0 Å². The van der Waals surface area contributed by atoms with Gasteiger partial charge in [0.25, 0.3) is 5.56 Å². The number of H-pyrrole nitrogens is 1. The molecule has 1 heterocycles. The van der Waals surface area contributed by atoms with Crippen molar-refractivity contribution in [1.29, 1.82) is 0 Å². The van der Waals surface area contributed by atoms with Gasteiger partial charge in [-0.2, -0.15) is 0 Å². The normalized spacial score (nSPS) is 10.5. The number of aromatic hydroxyl groups is 1. The van der Waals surface area contributed by atoms with Crippen LogP contribution in [-0.4, -0.2) is 20.9 Å². The molecule has 0 saturated carbocycles. The Morgan fingerprint density at radius 2 is 2.25 bits per heavy atom. The summed E-state index contributed by atoms with van der Waals surface area (Å²) in [5.41, 5.74) is 0.448. The molecule has 2 rings (SSSR count). The van der Waals surface area contributed by atoms with Gasteiger partial charge in [-0.25, -0.2) is 4.98 Å². The summed E-state index contributed by atoms with van der Waals surface area (Å²) in [4.78, 5) is 29.1. The SMILES string of the molecule is CC(=O)c1cc(Cl)cc(CSc2nccc(=O)[nH]2)c1O. The van der Waals surface area contributed by atoms with Gasteiger partial charge in [0.05, 0.1) is 5.56 Å². The fourth-order valence-electron chi connectivity index (χ4n) is 1.61. The molecule has 0 saturated heterocycles. The highest BCUT2D eigenvalue weighted by Gasteiger charge is 2.13. The van der Waals surface area contributed by atoms with Crippen molar-refractivity contribution >= 4 is 29.1 Å². The van der Waals surface area contributed by atoms with E-state index in [2.05, 4.69) is 9.97 Å². The van der Waals surface area contributed by atoms with Crippen LogP contribution < -0.4 is 5.56 Å². The molecule has 0 aliphatic carbocycles. The van der Waals surface area contributed by atoms with Crippen LogP contribution in [0.3, 0.4) is 0 Å². The molecule has 0 radical (unpaired) electrons. The molecular weight excluding hydrogens is 300 g/mol. The van der Waals surface area contributed by atoms with Gasteiger partial charge in [-0.15, -0.1) is 0 Å². The predicted molar refractivity (Wildman–Crippen MR) is 77.5 cm³/mol. The van der Waals surface area contributed by atoms with Gasteiger partial charge < -0.3 is 10.1 Å². The van der Waals surface area contributed by atoms with Crippen LogP contribution in [0.25, 0.3) is 0 Å². The number of phenols is 1. The molecular formula is C13H11ClN2O3S. The molecule has 0 unspecified atom stereocenters. The molecule has 2 N–H and O–H groups in total. The molecule has 2 aromatic rings. The Balaban J connectivity index is 2.25. The minimum atomic E-state index is -0.262. The van der Waals surface area contributed by atoms with Gasteiger partial charge in [-0.05, 0) is 19.1 Å². The highest BCUT2D eigenvalue weighted by molar-refractivity contribution is 7.98. The van der Waals surface area contributed by atoms with Gasteiger partial charge in [0.15, 0.2) is 10.9 Å². The number of carbonyl (C=O) groups excluding carboxylic acids is 1. The van der Waals surface area contributed by atoms with Crippen molar-refractivity contribution in [2.75, 3.05) is 0 Å². The Morgan fingerprint density at radius 3 is 2.90 bits per heavy atom. The van der Waals surface area contributed by atoms with Crippen LogP contribution >= 0.6 is 23.4 Å². The topological polar surface area (TPSA) is 83.0 Å². The van der Waals surface area contributed by atoms with Crippen LogP contribution in [0.4, 0.5) is 0 Å². The van der Waals surface area contributed by atoms with E-state index in [9.17, 15) is 14.7 Å². The maximum absolute atomic E-state index is 11.4. The fourth-order valence-corrected chi connectivity index (χ4v) is 2.67. The van der Waals surface area contributed by atoms with Crippen molar-refractivity contribution in [2.45, 2.75) is 17.8 Å². The number of hydrogen-bond acceptors (Lipinski definition) is 5. The first kappa shape index (κ1) is 14.6. The van der Waals surface area contributed by atoms with E-state index < -0.39 is 0 Å². The summed E-state index contributed by atoms with van der Waals surface area (Å²) in [6.07, 6.45) is 1.40. The lowest BCUT2D eigenvalue weighted by molar-refractivity contribution is 0.101. The third-order valence-corrected chi connectivity index (χ3v) is 3.70. The Labute approximate surface area is 124 Å². The zero-order valence-corrected chi connectivity index (χ0v) is 12.1. The van der Waals surface area contributed by atoms with E-state index in [0.29, 0.717) is 21.5 Å². The molecule has 0 atom stereocenters. The standard InChI is InChI=1S/C13H11ClN2O3S/c1-7(17)10-5-9(14)4-8(12(10)19)6-20-13-15-3-2-11(18)16-13/h2-5,19H,6H2,1H3,(H,15,16,18). The number of carbonyl (C=O) groups is 1. The molecule has 1 aromatic carbocycles. The van der Waals surface area contributed by atoms with E-state index in [0.717, 1.165) is 0 Å². The molecule has 0 bridgehead atoms. The van der Waals surface area contributed by atoms with Gasteiger partial charge in [0.2, 0.25) is 0 Å². The first-order valence-corrected chi connectivity index (χ1v) is 7.04. The maximum Gasteiger partial charge on any atom is 0.251 e. The van der Waals surface area contributed by atoms with E-state index >= 15 is 0 Å². The largest absolute Gasteiger partial charge is 0.507 e. The molecule has 7 heteroatoms. The number of ketones is 1. The molecule has 0 spiro atoms. The average Bonchev–Trinajstić information content (AvgIpc) is 2.39. The average molecular weight is 311 g/mol. The Morgan fingerprint density at radius 1 is 1.50 bits per heavy atom. The zero-order chi connectivity index (χ0) is 14.7. The molecule has 0 aliphatic heterocycles. The van der Waals surface area contributed by atoms with E-state index in [1.54, 1.807) is 6.07 Å². The van der Waals surface area contributed by atoms with Crippen LogP contribution in [0.15, 0.2) is 34.3 Å². The number of thioether (sulfide) groups is 1. The summed E-state index contributed by atoms with van der Waals surface area (Å²) in [5.74, 6) is -0.0187. The second-order valence-corrected chi connectivity index (χ2v) is 5.45.